The van der Waals surface area contributed by atoms with Gasteiger partial charge in [0.25, 0.3) is 0 Å². The molecule has 2 fully saturated rings. The van der Waals surface area contributed by atoms with Crippen molar-refractivity contribution in [2.75, 3.05) is 7.11 Å². The van der Waals surface area contributed by atoms with Crippen LogP contribution in [-0.2, 0) is 22.5 Å². The first-order valence-corrected chi connectivity index (χ1v) is 9.97. The van der Waals surface area contributed by atoms with Crippen LogP contribution in [0.25, 0.3) is 0 Å². The van der Waals surface area contributed by atoms with Crippen LogP contribution in [0.15, 0.2) is 28.9 Å². The summed E-state index contributed by atoms with van der Waals surface area (Å²) in [6.07, 6.45) is 9.08. The minimum atomic E-state index is -0.366. The van der Waals surface area contributed by atoms with E-state index < -0.39 is 0 Å². The van der Waals surface area contributed by atoms with Crippen molar-refractivity contribution >= 4 is 5.97 Å². The Bertz CT molecular complexity index is 679. The summed E-state index contributed by atoms with van der Waals surface area (Å²) in [6, 6.07) is 2.07. The molecule has 0 amide bonds. The third-order valence-electron chi connectivity index (χ3n) is 7.44. The van der Waals surface area contributed by atoms with Crippen molar-refractivity contribution < 1.29 is 19.7 Å². The first-order chi connectivity index (χ1) is 12.4. The Morgan fingerprint density at radius 1 is 1.42 bits per heavy atom. The van der Waals surface area contributed by atoms with E-state index in [0.29, 0.717) is 18.4 Å². The van der Waals surface area contributed by atoms with Gasteiger partial charge in [-0.3, -0.25) is 4.79 Å². The number of allylic oxidation sites excluding steroid dienone is 1. The molecule has 0 saturated heterocycles. The largest absolute Gasteiger partial charge is 0.469 e. The van der Waals surface area contributed by atoms with Crippen LogP contribution in [0.5, 0.6) is 0 Å². The van der Waals surface area contributed by atoms with Crippen LogP contribution in [0.3, 0.4) is 0 Å². The molecule has 2 saturated carbocycles. The summed E-state index contributed by atoms with van der Waals surface area (Å²) in [6.45, 7) is 9.65. The highest BCUT2D eigenvalue weighted by Crippen LogP contribution is 2.62. The zero-order valence-electron chi connectivity index (χ0n) is 16.6. The van der Waals surface area contributed by atoms with E-state index in [1.54, 1.807) is 6.26 Å². The summed E-state index contributed by atoms with van der Waals surface area (Å²) in [7, 11) is 1.53. The molecule has 1 heterocycles. The minimum Gasteiger partial charge on any atom is -0.469 e. The van der Waals surface area contributed by atoms with Gasteiger partial charge in [0.15, 0.2) is 5.76 Å². The van der Waals surface area contributed by atoms with Gasteiger partial charge in [-0.1, -0.05) is 25.5 Å². The fourth-order valence-corrected chi connectivity index (χ4v) is 6.07. The SMILES string of the molecule is C=C1CC[C@@H]2[C@@](C)(CCC[C@@]2(C)C(=O)OC)[C@H]1CCc1ccoc1C[NH3+]. The van der Waals surface area contributed by atoms with Crippen molar-refractivity contribution in [2.45, 2.75) is 65.3 Å². The topological polar surface area (TPSA) is 67.1 Å². The van der Waals surface area contributed by atoms with Crippen LogP contribution in [0.2, 0.25) is 0 Å². The standard InChI is InChI=1S/C22H33NO3/c1-15-6-9-19-21(2,11-5-12-22(19,3)20(24)25-4)17(15)8-7-16-10-13-26-18(16)14-23/h10,13,17,19H,1,5-9,11-12,14,23H2,2-4H3/p+1/t17-,19+,21-,22+/m0/s1. The molecule has 4 nitrogen and oxygen atoms in total. The number of hydrogen-bond acceptors (Lipinski definition) is 3. The van der Waals surface area contributed by atoms with Crippen molar-refractivity contribution in [3.8, 4) is 0 Å². The van der Waals surface area contributed by atoms with E-state index in [0.717, 1.165) is 44.3 Å². The van der Waals surface area contributed by atoms with Crippen LogP contribution in [-0.4, -0.2) is 13.1 Å². The summed E-state index contributed by atoms with van der Waals surface area (Å²) >= 11 is 0. The van der Waals surface area contributed by atoms with E-state index in [4.69, 9.17) is 9.15 Å². The second kappa shape index (κ2) is 7.22. The zero-order valence-corrected chi connectivity index (χ0v) is 16.6. The second-order valence-corrected chi connectivity index (χ2v) is 8.73. The number of ether oxygens (including phenoxy) is 1. The van der Waals surface area contributed by atoms with Gasteiger partial charge in [0, 0.05) is 0 Å². The van der Waals surface area contributed by atoms with Gasteiger partial charge in [0.2, 0.25) is 0 Å². The molecule has 2 aliphatic rings. The second-order valence-electron chi connectivity index (χ2n) is 8.73. The molecule has 144 valence electrons. The molecule has 0 aliphatic heterocycles. The Kier molecular flexibility index (Phi) is 5.34. The average Bonchev–Trinajstić information content (AvgIpc) is 3.07. The van der Waals surface area contributed by atoms with E-state index in [2.05, 4.69) is 32.2 Å². The quantitative estimate of drug-likeness (QED) is 0.639. The lowest BCUT2D eigenvalue weighted by Gasteiger charge is -2.57. The lowest BCUT2D eigenvalue weighted by atomic mass is 9.46. The van der Waals surface area contributed by atoms with Gasteiger partial charge in [-0.05, 0) is 74.3 Å². The number of esters is 1. The highest BCUT2D eigenvalue weighted by atomic mass is 16.5. The summed E-state index contributed by atoms with van der Waals surface area (Å²) in [5.41, 5.74) is 6.34. The molecule has 1 aromatic heterocycles. The van der Waals surface area contributed by atoms with E-state index >= 15 is 0 Å². The molecule has 0 aromatic carbocycles. The third-order valence-corrected chi connectivity index (χ3v) is 7.44. The zero-order chi connectivity index (χ0) is 18.9. The Balaban J connectivity index is 1.85. The molecule has 2 aliphatic carbocycles. The van der Waals surface area contributed by atoms with Gasteiger partial charge in [-0.25, -0.2) is 0 Å². The van der Waals surface area contributed by atoms with Crippen molar-refractivity contribution in [1.82, 2.24) is 0 Å². The molecule has 3 N–H and O–H groups in total. The van der Waals surface area contributed by atoms with Gasteiger partial charge in [0.05, 0.1) is 18.8 Å². The van der Waals surface area contributed by atoms with E-state index in [1.807, 2.05) is 0 Å². The van der Waals surface area contributed by atoms with E-state index in [9.17, 15) is 4.79 Å². The molecule has 0 bridgehead atoms. The number of quaternary nitrogens is 1. The molecular weight excluding hydrogens is 326 g/mol. The van der Waals surface area contributed by atoms with Crippen LogP contribution < -0.4 is 5.73 Å². The van der Waals surface area contributed by atoms with Crippen LogP contribution >= 0.6 is 0 Å². The number of aryl methyl sites for hydroxylation is 1. The summed E-state index contributed by atoms with van der Waals surface area (Å²) in [5.74, 6) is 1.77. The highest BCUT2D eigenvalue weighted by Gasteiger charge is 2.57. The van der Waals surface area contributed by atoms with E-state index in [-0.39, 0.29) is 16.8 Å². The maximum Gasteiger partial charge on any atom is 0.311 e. The van der Waals surface area contributed by atoms with Crippen LogP contribution in [0.4, 0.5) is 0 Å². The number of carbonyl (C=O) groups excluding carboxylic acids is 1. The number of carbonyl (C=O) groups is 1. The average molecular weight is 361 g/mol. The summed E-state index contributed by atoms with van der Waals surface area (Å²) in [4.78, 5) is 12.6. The first-order valence-electron chi connectivity index (χ1n) is 9.97. The van der Waals surface area contributed by atoms with Gasteiger partial charge >= 0.3 is 5.97 Å². The predicted octanol–water partition coefficient (Wildman–Crippen LogP) is 3.91. The number of furan rings is 1. The maximum atomic E-state index is 12.6. The molecular formula is C22H34NO3+. The lowest BCUT2D eigenvalue weighted by molar-refractivity contribution is -0.390. The Morgan fingerprint density at radius 3 is 2.88 bits per heavy atom. The predicted molar refractivity (Wildman–Crippen MR) is 101 cm³/mol. The van der Waals surface area contributed by atoms with Crippen molar-refractivity contribution in [2.24, 2.45) is 22.7 Å². The smallest absolute Gasteiger partial charge is 0.311 e. The Morgan fingerprint density at radius 2 is 2.19 bits per heavy atom. The maximum absolute atomic E-state index is 12.6. The number of hydrogen-bond donors (Lipinski definition) is 1. The lowest BCUT2D eigenvalue weighted by Crippen LogP contribution is -2.53. The molecule has 4 atom stereocenters. The van der Waals surface area contributed by atoms with Crippen molar-refractivity contribution in [3.05, 3.63) is 35.8 Å². The number of rotatable bonds is 5. The van der Waals surface area contributed by atoms with Gasteiger partial charge in [-0.2, -0.15) is 0 Å². The van der Waals surface area contributed by atoms with E-state index in [1.165, 1.54) is 24.7 Å². The van der Waals surface area contributed by atoms with Crippen LogP contribution in [0, 0.1) is 22.7 Å². The van der Waals surface area contributed by atoms with Gasteiger partial charge < -0.3 is 14.9 Å². The Labute approximate surface area is 157 Å². The molecule has 4 heteroatoms. The molecule has 26 heavy (non-hydrogen) atoms. The van der Waals surface area contributed by atoms with Crippen molar-refractivity contribution in [1.29, 1.82) is 0 Å². The molecule has 0 spiro atoms. The normalized spacial score (nSPS) is 34.4. The number of fused-ring (bicyclic) bond motifs is 1. The van der Waals surface area contributed by atoms with Gasteiger partial charge in [0.1, 0.15) is 6.54 Å². The molecule has 0 unspecified atom stereocenters. The number of methoxy groups -OCH3 is 1. The van der Waals surface area contributed by atoms with Crippen LogP contribution in [0.1, 0.15) is 63.7 Å². The molecule has 0 radical (unpaired) electrons. The van der Waals surface area contributed by atoms with Gasteiger partial charge in [-0.15, -0.1) is 0 Å². The third kappa shape index (κ3) is 3.02. The fraction of sp³-hybridized carbons (Fsp3) is 0.682. The molecule has 1 aromatic rings. The fourth-order valence-electron chi connectivity index (χ4n) is 6.07. The van der Waals surface area contributed by atoms with Crippen molar-refractivity contribution in [3.63, 3.8) is 0 Å². The summed E-state index contributed by atoms with van der Waals surface area (Å²) < 4.78 is 10.8. The molecule has 3 rings (SSSR count). The monoisotopic (exact) mass is 360 g/mol. The Hall–Kier alpha value is -1.55. The minimum absolute atomic E-state index is 0.0335. The summed E-state index contributed by atoms with van der Waals surface area (Å²) in [5, 5.41) is 0. The first kappa shape index (κ1) is 19.2. The highest BCUT2D eigenvalue weighted by molar-refractivity contribution is 5.77.